The van der Waals surface area contributed by atoms with E-state index in [1.165, 1.54) is 0 Å². The molecular formula is C28H29N3O3. The second-order valence-electron chi connectivity index (χ2n) is 9.00. The van der Waals surface area contributed by atoms with Crippen molar-refractivity contribution in [1.82, 2.24) is 9.55 Å². The van der Waals surface area contributed by atoms with Gasteiger partial charge in [0.2, 0.25) is 5.91 Å². The van der Waals surface area contributed by atoms with Gasteiger partial charge in [-0.25, -0.2) is 4.98 Å². The first-order valence-corrected chi connectivity index (χ1v) is 11.7. The third-order valence-corrected chi connectivity index (χ3v) is 6.46. The minimum Gasteiger partial charge on any atom is -0.490 e. The molecule has 1 aliphatic heterocycles. The Labute approximate surface area is 199 Å². The van der Waals surface area contributed by atoms with Gasteiger partial charge in [-0.15, -0.1) is 0 Å². The van der Waals surface area contributed by atoms with Gasteiger partial charge in [-0.1, -0.05) is 48.5 Å². The molecule has 2 atom stereocenters. The van der Waals surface area contributed by atoms with Gasteiger partial charge in [-0.05, 0) is 49.2 Å². The molecule has 1 aliphatic rings. The van der Waals surface area contributed by atoms with E-state index < -0.39 is 6.10 Å². The lowest BCUT2D eigenvalue weighted by molar-refractivity contribution is -0.117. The first-order valence-electron chi connectivity index (χ1n) is 11.7. The number of carbonyl (C=O) groups is 1. The van der Waals surface area contributed by atoms with Gasteiger partial charge in [0.15, 0.2) is 0 Å². The maximum Gasteiger partial charge on any atom is 0.227 e. The highest BCUT2D eigenvalue weighted by Gasteiger charge is 2.35. The van der Waals surface area contributed by atoms with Crippen LogP contribution in [0.15, 0.2) is 72.8 Å². The molecule has 6 heteroatoms. The van der Waals surface area contributed by atoms with Crippen molar-refractivity contribution in [3.05, 3.63) is 89.7 Å². The van der Waals surface area contributed by atoms with Crippen molar-refractivity contribution in [1.29, 1.82) is 0 Å². The summed E-state index contributed by atoms with van der Waals surface area (Å²) in [6, 6.07) is 23.7. The highest BCUT2D eigenvalue weighted by atomic mass is 16.5. The Bertz CT molecular complexity index is 1290. The summed E-state index contributed by atoms with van der Waals surface area (Å²) in [6.07, 6.45) is -0.328. The molecule has 0 saturated carbocycles. The number of para-hydroxylation sites is 4. The zero-order chi connectivity index (χ0) is 23.7. The van der Waals surface area contributed by atoms with E-state index in [-0.39, 0.29) is 18.4 Å². The Balaban J connectivity index is 1.39. The van der Waals surface area contributed by atoms with Crippen molar-refractivity contribution < 1.29 is 14.6 Å². The van der Waals surface area contributed by atoms with Crippen molar-refractivity contribution in [2.45, 2.75) is 38.8 Å². The SMILES string of the molecule is Cc1cccc(C)c1OC[C@@H](O)Cn1c([C@@H]2CC(=O)N(c3ccccc3)C2)nc2ccccc21. The van der Waals surface area contributed by atoms with E-state index in [9.17, 15) is 9.90 Å². The minimum atomic E-state index is -0.724. The number of aromatic nitrogens is 2. The Morgan fingerprint density at radius 2 is 1.71 bits per heavy atom. The first-order chi connectivity index (χ1) is 16.5. The molecule has 0 bridgehead atoms. The van der Waals surface area contributed by atoms with Crippen LogP contribution in [0.4, 0.5) is 5.69 Å². The van der Waals surface area contributed by atoms with Crippen LogP contribution in [0.1, 0.15) is 29.3 Å². The fourth-order valence-electron chi connectivity index (χ4n) is 4.81. The maximum absolute atomic E-state index is 12.8. The normalized spacial score (nSPS) is 16.9. The van der Waals surface area contributed by atoms with E-state index in [1.807, 2.05) is 91.5 Å². The molecule has 3 aromatic carbocycles. The van der Waals surface area contributed by atoms with Crippen molar-refractivity contribution in [3.8, 4) is 5.75 Å². The summed E-state index contributed by atoms with van der Waals surface area (Å²) in [7, 11) is 0. The number of aliphatic hydroxyl groups excluding tert-OH is 1. The third kappa shape index (κ3) is 4.29. The van der Waals surface area contributed by atoms with E-state index in [0.717, 1.165) is 39.4 Å². The standard InChI is InChI=1S/C28H29N3O3/c1-19-9-8-10-20(2)27(19)34-18-23(32)17-31-25-14-7-6-13-24(25)29-28(31)21-15-26(33)30(16-21)22-11-4-3-5-12-22/h3-14,21,23,32H,15-18H2,1-2H3/t21-,23+/m1/s1. The van der Waals surface area contributed by atoms with E-state index in [4.69, 9.17) is 9.72 Å². The van der Waals surface area contributed by atoms with Gasteiger partial charge in [-0.2, -0.15) is 0 Å². The maximum atomic E-state index is 12.8. The second-order valence-corrected chi connectivity index (χ2v) is 9.00. The van der Waals surface area contributed by atoms with Gasteiger partial charge >= 0.3 is 0 Å². The number of hydrogen-bond acceptors (Lipinski definition) is 4. The van der Waals surface area contributed by atoms with E-state index in [1.54, 1.807) is 0 Å². The van der Waals surface area contributed by atoms with Crippen LogP contribution in [0.2, 0.25) is 0 Å². The smallest absolute Gasteiger partial charge is 0.227 e. The number of anilines is 1. The highest BCUT2D eigenvalue weighted by molar-refractivity contribution is 5.96. The van der Waals surface area contributed by atoms with Gasteiger partial charge in [-0.3, -0.25) is 4.79 Å². The summed E-state index contributed by atoms with van der Waals surface area (Å²) in [5.41, 5.74) is 4.82. The number of amides is 1. The number of benzene rings is 3. The van der Waals surface area contributed by atoms with Crippen molar-refractivity contribution >= 4 is 22.6 Å². The lowest BCUT2D eigenvalue weighted by Gasteiger charge is -2.20. The lowest BCUT2D eigenvalue weighted by Crippen LogP contribution is -2.26. The van der Waals surface area contributed by atoms with Gasteiger partial charge in [0.1, 0.15) is 24.3 Å². The number of carbonyl (C=O) groups excluding carboxylic acids is 1. The summed E-state index contributed by atoms with van der Waals surface area (Å²) >= 11 is 0. The number of aryl methyl sites for hydroxylation is 2. The molecule has 1 saturated heterocycles. The molecule has 34 heavy (non-hydrogen) atoms. The highest BCUT2D eigenvalue weighted by Crippen LogP contribution is 2.33. The number of fused-ring (bicyclic) bond motifs is 1. The average Bonchev–Trinajstić information content (AvgIpc) is 3.40. The molecule has 0 aliphatic carbocycles. The van der Waals surface area contributed by atoms with Gasteiger partial charge < -0.3 is 19.3 Å². The molecule has 0 radical (unpaired) electrons. The van der Waals surface area contributed by atoms with Crippen LogP contribution in [0, 0.1) is 13.8 Å². The second kappa shape index (κ2) is 9.31. The molecular weight excluding hydrogens is 426 g/mol. The van der Waals surface area contributed by atoms with Crippen LogP contribution in [0.5, 0.6) is 5.75 Å². The first kappa shape index (κ1) is 22.2. The van der Waals surface area contributed by atoms with E-state index >= 15 is 0 Å². The molecule has 2 heterocycles. The molecule has 1 N–H and O–H groups in total. The molecule has 5 rings (SSSR count). The van der Waals surface area contributed by atoms with Crippen molar-refractivity contribution in [3.63, 3.8) is 0 Å². The predicted octanol–water partition coefficient (Wildman–Crippen LogP) is 4.61. The Kier molecular flexibility index (Phi) is 6.07. The summed E-state index contributed by atoms with van der Waals surface area (Å²) < 4.78 is 8.06. The summed E-state index contributed by atoms with van der Waals surface area (Å²) in [5, 5.41) is 10.9. The molecule has 1 aromatic heterocycles. The van der Waals surface area contributed by atoms with Crippen molar-refractivity contribution in [2.75, 3.05) is 18.1 Å². The number of ether oxygens (including phenoxy) is 1. The zero-order valence-electron chi connectivity index (χ0n) is 19.5. The largest absolute Gasteiger partial charge is 0.490 e. The Hall–Kier alpha value is -3.64. The average molecular weight is 456 g/mol. The summed E-state index contributed by atoms with van der Waals surface area (Å²) in [5.74, 6) is 1.69. The van der Waals surface area contributed by atoms with E-state index in [2.05, 4.69) is 4.57 Å². The van der Waals surface area contributed by atoms with Crippen molar-refractivity contribution in [2.24, 2.45) is 0 Å². The molecule has 4 aromatic rings. The van der Waals surface area contributed by atoms with Gasteiger partial charge in [0, 0.05) is 24.6 Å². The molecule has 174 valence electrons. The van der Waals surface area contributed by atoms with Crippen LogP contribution in [-0.4, -0.2) is 39.8 Å². The quantitative estimate of drug-likeness (QED) is 0.442. The van der Waals surface area contributed by atoms with Gasteiger partial charge in [0.05, 0.1) is 17.6 Å². The monoisotopic (exact) mass is 455 g/mol. The number of nitrogens with zero attached hydrogens (tertiary/aromatic N) is 3. The summed E-state index contributed by atoms with van der Waals surface area (Å²) in [4.78, 5) is 19.6. The topological polar surface area (TPSA) is 67.6 Å². The van der Waals surface area contributed by atoms with Crippen LogP contribution in [0.25, 0.3) is 11.0 Å². The lowest BCUT2D eigenvalue weighted by atomic mass is 10.1. The van der Waals surface area contributed by atoms with Gasteiger partial charge in [0.25, 0.3) is 0 Å². The molecule has 1 amide bonds. The molecule has 0 unspecified atom stereocenters. The van der Waals surface area contributed by atoms with Crippen LogP contribution in [0.3, 0.4) is 0 Å². The molecule has 0 spiro atoms. The number of rotatable bonds is 7. The Morgan fingerprint density at radius 3 is 2.47 bits per heavy atom. The Morgan fingerprint density at radius 1 is 1.00 bits per heavy atom. The minimum absolute atomic E-state index is 0.0492. The predicted molar refractivity (Wildman–Crippen MR) is 133 cm³/mol. The van der Waals surface area contributed by atoms with Crippen LogP contribution >= 0.6 is 0 Å². The third-order valence-electron chi connectivity index (χ3n) is 6.46. The fraction of sp³-hybridized carbons (Fsp3) is 0.286. The number of hydrogen-bond donors (Lipinski definition) is 1. The summed E-state index contributed by atoms with van der Waals surface area (Å²) in [6.45, 7) is 5.10. The number of aliphatic hydroxyl groups is 1. The molecule has 6 nitrogen and oxygen atoms in total. The van der Waals surface area contributed by atoms with Crippen LogP contribution in [-0.2, 0) is 11.3 Å². The number of imidazole rings is 1. The zero-order valence-corrected chi connectivity index (χ0v) is 19.5. The van der Waals surface area contributed by atoms with E-state index in [0.29, 0.717) is 19.5 Å². The van der Waals surface area contributed by atoms with Crippen LogP contribution < -0.4 is 9.64 Å². The molecule has 1 fully saturated rings. The fourth-order valence-corrected chi connectivity index (χ4v) is 4.81.